The van der Waals surface area contributed by atoms with E-state index < -0.39 is 6.04 Å². The van der Waals surface area contributed by atoms with Crippen LogP contribution >= 0.6 is 11.6 Å². The number of carbonyl (C=O) groups is 1. The summed E-state index contributed by atoms with van der Waals surface area (Å²) in [6.45, 7) is 2.01. The first-order valence-electron chi connectivity index (χ1n) is 6.84. The molecule has 2 aromatic rings. The summed E-state index contributed by atoms with van der Waals surface area (Å²) in [5.41, 5.74) is 1.45. The third kappa shape index (κ3) is 3.26. The highest BCUT2D eigenvalue weighted by Gasteiger charge is 2.16. The monoisotopic (exact) mass is 318 g/mol. The minimum atomic E-state index is -0.417. The summed E-state index contributed by atoms with van der Waals surface area (Å²) in [5.74, 6) is 1.23. The fourth-order valence-corrected chi connectivity index (χ4v) is 2.31. The van der Waals surface area contributed by atoms with Gasteiger partial charge >= 0.3 is 0 Å². The Morgan fingerprint density at radius 2 is 1.95 bits per heavy atom. The fraction of sp³-hybridized carbons (Fsp3) is 0.188. The van der Waals surface area contributed by atoms with Crippen molar-refractivity contribution in [1.82, 2.24) is 0 Å². The summed E-state index contributed by atoms with van der Waals surface area (Å²) in [5, 5.41) is 6.52. The number of fused-ring (bicyclic) bond motifs is 1. The Balaban J connectivity index is 1.63. The molecule has 0 saturated carbocycles. The second-order valence-corrected chi connectivity index (χ2v) is 5.37. The van der Waals surface area contributed by atoms with Gasteiger partial charge in [-0.3, -0.25) is 4.79 Å². The number of anilines is 2. The van der Waals surface area contributed by atoms with E-state index in [1.165, 1.54) is 0 Å². The minimum absolute atomic E-state index is 0.153. The molecule has 0 bridgehead atoms. The molecule has 0 saturated heterocycles. The van der Waals surface area contributed by atoms with Crippen LogP contribution in [0.4, 0.5) is 11.4 Å². The van der Waals surface area contributed by atoms with Crippen LogP contribution in [0.3, 0.4) is 0 Å². The number of hydrogen-bond donors (Lipinski definition) is 2. The van der Waals surface area contributed by atoms with Gasteiger partial charge in [-0.05, 0) is 37.3 Å². The van der Waals surface area contributed by atoms with E-state index in [4.69, 9.17) is 21.1 Å². The maximum absolute atomic E-state index is 12.2. The second-order valence-electron chi connectivity index (χ2n) is 4.93. The zero-order chi connectivity index (χ0) is 15.5. The average molecular weight is 319 g/mol. The molecule has 1 aliphatic rings. The summed E-state index contributed by atoms with van der Waals surface area (Å²) in [4.78, 5) is 12.2. The van der Waals surface area contributed by atoms with E-state index in [-0.39, 0.29) is 12.7 Å². The lowest BCUT2D eigenvalue weighted by molar-refractivity contribution is -0.116. The summed E-state index contributed by atoms with van der Waals surface area (Å²) in [6, 6.07) is 12.1. The molecule has 114 valence electrons. The topological polar surface area (TPSA) is 59.6 Å². The summed E-state index contributed by atoms with van der Waals surface area (Å²) in [7, 11) is 0. The quantitative estimate of drug-likeness (QED) is 0.905. The molecule has 1 aliphatic heterocycles. The smallest absolute Gasteiger partial charge is 0.246 e. The molecule has 1 heterocycles. The van der Waals surface area contributed by atoms with Crippen molar-refractivity contribution in [3.8, 4) is 11.5 Å². The van der Waals surface area contributed by atoms with Gasteiger partial charge in [0.2, 0.25) is 12.7 Å². The Kier molecular flexibility index (Phi) is 4.06. The molecule has 1 atom stereocenters. The van der Waals surface area contributed by atoms with Crippen LogP contribution in [0.1, 0.15) is 6.92 Å². The first-order chi connectivity index (χ1) is 10.6. The maximum Gasteiger partial charge on any atom is 0.246 e. The standard InChI is InChI=1S/C16H15ClN2O3/c1-10(16(20)19-12-4-2-3-11(17)7-12)18-13-5-6-14-15(8-13)22-9-21-14/h2-8,10,18H,9H2,1H3,(H,19,20)/t10-/m0/s1. The third-order valence-corrected chi connectivity index (χ3v) is 3.48. The highest BCUT2D eigenvalue weighted by atomic mass is 35.5. The van der Waals surface area contributed by atoms with Gasteiger partial charge in [0.05, 0.1) is 0 Å². The first kappa shape index (κ1) is 14.5. The van der Waals surface area contributed by atoms with Gasteiger partial charge in [-0.15, -0.1) is 0 Å². The molecule has 0 fully saturated rings. The van der Waals surface area contributed by atoms with Crippen molar-refractivity contribution in [1.29, 1.82) is 0 Å². The van der Waals surface area contributed by atoms with Gasteiger partial charge in [0.25, 0.3) is 0 Å². The number of ether oxygens (including phenoxy) is 2. The molecule has 2 N–H and O–H groups in total. The summed E-state index contributed by atoms with van der Waals surface area (Å²) >= 11 is 5.90. The van der Waals surface area contributed by atoms with Crippen LogP contribution < -0.4 is 20.1 Å². The number of benzene rings is 2. The van der Waals surface area contributed by atoms with Crippen LogP contribution in [0.25, 0.3) is 0 Å². The summed E-state index contributed by atoms with van der Waals surface area (Å²) in [6.07, 6.45) is 0. The second kappa shape index (κ2) is 6.15. The number of rotatable bonds is 4. The predicted octanol–water partition coefficient (Wildman–Crippen LogP) is 3.51. The van der Waals surface area contributed by atoms with Gasteiger partial charge in [0.1, 0.15) is 6.04 Å². The SMILES string of the molecule is C[C@H](Nc1ccc2c(c1)OCO2)C(=O)Nc1cccc(Cl)c1. The Bertz CT molecular complexity index is 706. The van der Waals surface area contributed by atoms with Gasteiger partial charge in [-0.2, -0.15) is 0 Å². The maximum atomic E-state index is 12.2. The van der Waals surface area contributed by atoms with Gasteiger partial charge in [-0.25, -0.2) is 0 Å². The fourth-order valence-electron chi connectivity index (χ4n) is 2.12. The summed E-state index contributed by atoms with van der Waals surface area (Å²) < 4.78 is 10.6. The molecule has 0 radical (unpaired) electrons. The van der Waals surface area contributed by atoms with Crippen LogP contribution in [0, 0.1) is 0 Å². The lowest BCUT2D eigenvalue weighted by atomic mass is 10.2. The van der Waals surface area contributed by atoms with E-state index in [1.807, 2.05) is 18.2 Å². The molecule has 0 aromatic heterocycles. The molecule has 0 unspecified atom stereocenters. The number of hydrogen-bond acceptors (Lipinski definition) is 4. The average Bonchev–Trinajstić information content (AvgIpc) is 2.94. The molecule has 2 aromatic carbocycles. The van der Waals surface area contributed by atoms with Gasteiger partial charge in [0, 0.05) is 22.5 Å². The number of carbonyl (C=O) groups excluding carboxylic acids is 1. The van der Waals surface area contributed by atoms with Crippen LogP contribution in [0.15, 0.2) is 42.5 Å². The van der Waals surface area contributed by atoms with Gasteiger partial charge in [0.15, 0.2) is 11.5 Å². The van der Waals surface area contributed by atoms with E-state index >= 15 is 0 Å². The van der Waals surface area contributed by atoms with Crippen LogP contribution in [-0.2, 0) is 4.79 Å². The first-order valence-corrected chi connectivity index (χ1v) is 7.22. The van der Waals surface area contributed by atoms with E-state index in [2.05, 4.69) is 10.6 Å². The van der Waals surface area contributed by atoms with Crippen molar-refractivity contribution in [2.45, 2.75) is 13.0 Å². The van der Waals surface area contributed by atoms with Crippen molar-refractivity contribution in [3.63, 3.8) is 0 Å². The van der Waals surface area contributed by atoms with E-state index in [9.17, 15) is 4.79 Å². The molecule has 5 nitrogen and oxygen atoms in total. The van der Waals surface area contributed by atoms with Crippen molar-refractivity contribution in [2.24, 2.45) is 0 Å². The number of amides is 1. The molecule has 0 spiro atoms. The van der Waals surface area contributed by atoms with Crippen molar-refractivity contribution in [3.05, 3.63) is 47.5 Å². The zero-order valence-electron chi connectivity index (χ0n) is 11.9. The third-order valence-electron chi connectivity index (χ3n) is 3.24. The molecular formula is C16H15ClN2O3. The molecule has 1 amide bonds. The van der Waals surface area contributed by atoms with E-state index in [1.54, 1.807) is 31.2 Å². The van der Waals surface area contributed by atoms with Crippen LogP contribution in [0.2, 0.25) is 5.02 Å². The Hall–Kier alpha value is -2.40. The van der Waals surface area contributed by atoms with Crippen LogP contribution in [-0.4, -0.2) is 18.7 Å². The highest BCUT2D eigenvalue weighted by molar-refractivity contribution is 6.30. The molecule has 22 heavy (non-hydrogen) atoms. The van der Waals surface area contributed by atoms with Gasteiger partial charge in [-0.1, -0.05) is 17.7 Å². The zero-order valence-corrected chi connectivity index (χ0v) is 12.7. The van der Waals surface area contributed by atoms with E-state index in [0.717, 1.165) is 5.69 Å². The largest absolute Gasteiger partial charge is 0.454 e. The molecule has 0 aliphatic carbocycles. The predicted molar refractivity (Wildman–Crippen MR) is 85.7 cm³/mol. The highest BCUT2D eigenvalue weighted by Crippen LogP contribution is 2.34. The number of halogens is 1. The normalized spacial score (nSPS) is 13.5. The molecule has 6 heteroatoms. The molecule has 3 rings (SSSR count). The van der Waals surface area contributed by atoms with Gasteiger partial charge < -0.3 is 20.1 Å². The lowest BCUT2D eigenvalue weighted by Crippen LogP contribution is -2.31. The van der Waals surface area contributed by atoms with Crippen molar-refractivity contribution < 1.29 is 14.3 Å². The van der Waals surface area contributed by atoms with Crippen LogP contribution in [0.5, 0.6) is 11.5 Å². The van der Waals surface area contributed by atoms with Crippen molar-refractivity contribution >= 4 is 28.9 Å². The molecular weight excluding hydrogens is 304 g/mol. The van der Waals surface area contributed by atoms with E-state index in [0.29, 0.717) is 22.2 Å². The minimum Gasteiger partial charge on any atom is -0.454 e. The van der Waals surface area contributed by atoms with Crippen molar-refractivity contribution in [2.75, 3.05) is 17.4 Å². The Morgan fingerprint density at radius 1 is 1.14 bits per heavy atom. The number of nitrogens with one attached hydrogen (secondary N) is 2. The Labute approximate surface area is 133 Å². The Morgan fingerprint density at radius 3 is 2.77 bits per heavy atom. The lowest BCUT2D eigenvalue weighted by Gasteiger charge is -2.15.